The predicted octanol–water partition coefficient (Wildman–Crippen LogP) is 1.79. The number of hydrogen-bond donors (Lipinski definition) is 1. The summed E-state index contributed by atoms with van der Waals surface area (Å²) in [7, 11) is 1.62. The molecule has 23 heavy (non-hydrogen) atoms. The van der Waals surface area contributed by atoms with Crippen molar-refractivity contribution >= 4 is 17.7 Å². The van der Waals surface area contributed by atoms with Crippen LogP contribution in [0.3, 0.4) is 0 Å². The third-order valence-electron chi connectivity index (χ3n) is 2.85. The zero-order valence-electron chi connectivity index (χ0n) is 12.6. The standard InChI is InChI=1S/C15H16N4O3S/c1-21-12-5-3-11(4-6-12)9-14-18-19-15(22-14)23-10-13(20)17-8-2-7-16/h3-6H,2,8-10H2,1H3,(H,17,20). The fourth-order valence-corrected chi connectivity index (χ4v) is 2.33. The Bertz CT molecular complexity index is 679. The normalized spacial score (nSPS) is 10.1. The van der Waals surface area contributed by atoms with E-state index in [9.17, 15) is 4.79 Å². The monoisotopic (exact) mass is 332 g/mol. The fraction of sp³-hybridized carbons (Fsp3) is 0.333. The molecule has 0 atom stereocenters. The first-order chi connectivity index (χ1) is 11.2. The first-order valence-corrected chi connectivity index (χ1v) is 7.91. The SMILES string of the molecule is COc1ccc(Cc2nnc(SCC(=O)NCCC#N)o2)cc1. The summed E-state index contributed by atoms with van der Waals surface area (Å²) in [4.78, 5) is 11.5. The highest BCUT2D eigenvalue weighted by Crippen LogP contribution is 2.18. The predicted molar refractivity (Wildman–Crippen MR) is 84.1 cm³/mol. The van der Waals surface area contributed by atoms with Gasteiger partial charge >= 0.3 is 0 Å². The number of benzene rings is 1. The van der Waals surface area contributed by atoms with Gasteiger partial charge < -0.3 is 14.5 Å². The van der Waals surface area contributed by atoms with Crippen molar-refractivity contribution in [3.63, 3.8) is 0 Å². The number of thioether (sulfide) groups is 1. The molecule has 0 aliphatic carbocycles. The van der Waals surface area contributed by atoms with E-state index < -0.39 is 0 Å². The van der Waals surface area contributed by atoms with Gasteiger partial charge in [0.25, 0.3) is 5.22 Å². The third kappa shape index (κ3) is 5.64. The zero-order chi connectivity index (χ0) is 16.5. The van der Waals surface area contributed by atoms with Crippen molar-refractivity contribution in [1.82, 2.24) is 15.5 Å². The van der Waals surface area contributed by atoms with E-state index in [4.69, 9.17) is 14.4 Å². The molecule has 7 nitrogen and oxygen atoms in total. The van der Waals surface area contributed by atoms with Gasteiger partial charge in [0, 0.05) is 6.54 Å². The molecule has 1 heterocycles. The van der Waals surface area contributed by atoms with Crippen LogP contribution in [0, 0.1) is 11.3 Å². The summed E-state index contributed by atoms with van der Waals surface area (Å²) in [5.41, 5.74) is 1.03. The molecule has 2 aromatic rings. The number of amides is 1. The highest BCUT2D eigenvalue weighted by molar-refractivity contribution is 7.99. The second kappa shape index (κ2) is 8.80. The van der Waals surface area contributed by atoms with Gasteiger partial charge in [-0.1, -0.05) is 23.9 Å². The Balaban J connectivity index is 1.80. The number of aromatic nitrogens is 2. The Morgan fingerprint density at radius 1 is 1.39 bits per heavy atom. The topological polar surface area (TPSA) is 101 Å². The second-order valence-corrected chi connectivity index (χ2v) is 5.46. The van der Waals surface area contributed by atoms with Crippen LogP contribution in [0.4, 0.5) is 0 Å². The number of nitriles is 1. The van der Waals surface area contributed by atoms with Crippen molar-refractivity contribution < 1.29 is 13.9 Å². The van der Waals surface area contributed by atoms with Crippen LogP contribution in [-0.2, 0) is 11.2 Å². The molecule has 0 fully saturated rings. The maximum atomic E-state index is 11.5. The van der Waals surface area contributed by atoms with Gasteiger partial charge in [-0.2, -0.15) is 5.26 Å². The number of nitrogens with one attached hydrogen (secondary N) is 1. The molecule has 0 bridgehead atoms. The molecule has 1 aromatic heterocycles. The summed E-state index contributed by atoms with van der Waals surface area (Å²) >= 11 is 1.17. The quantitative estimate of drug-likeness (QED) is 0.581. The van der Waals surface area contributed by atoms with Gasteiger partial charge in [0.15, 0.2) is 0 Å². The minimum Gasteiger partial charge on any atom is -0.497 e. The lowest BCUT2D eigenvalue weighted by atomic mass is 10.1. The molecule has 0 unspecified atom stereocenters. The lowest BCUT2D eigenvalue weighted by molar-refractivity contribution is -0.118. The minimum absolute atomic E-state index is 0.167. The molecular formula is C15H16N4O3S. The van der Waals surface area contributed by atoms with E-state index in [1.165, 1.54) is 11.8 Å². The average molecular weight is 332 g/mol. The number of carbonyl (C=O) groups is 1. The smallest absolute Gasteiger partial charge is 0.277 e. The molecular weight excluding hydrogens is 316 g/mol. The van der Waals surface area contributed by atoms with Crippen molar-refractivity contribution in [2.75, 3.05) is 19.4 Å². The molecule has 1 aromatic carbocycles. The minimum atomic E-state index is -0.167. The third-order valence-corrected chi connectivity index (χ3v) is 3.67. The van der Waals surface area contributed by atoms with Crippen LogP contribution in [0.2, 0.25) is 0 Å². The second-order valence-electron chi connectivity index (χ2n) is 4.53. The van der Waals surface area contributed by atoms with Crippen molar-refractivity contribution in [3.8, 4) is 11.8 Å². The summed E-state index contributed by atoms with van der Waals surface area (Å²) in [6, 6.07) is 9.55. The largest absolute Gasteiger partial charge is 0.497 e. The van der Waals surface area contributed by atoms with Crippen molar-refractivity contribution in [3.05, 3.63) is 35.7 Å². The lowest BCUT2D eigenvalue weighted by Crippen LogP contribution is -2.25. The Labute approximate surface area is 138 Å². The first kappa shape index (κ1) is 16.8. The zero-order valence-corrected chi connectivity index (χ0v) is 13.4. The van der Waals surface area contributed by atoms with Crippen LogP contribution in [0.5, 0.6) is 5.75 Å². The van der Waals surface area contributed by atoms with Crippen molar-refractivity contribution in [1.29, 1.82) is 5.26 Å². The maximum absolute atomic E-state index is 11.5. The van der Waals surface area contributed by atoms with Crippen LogP contribution in [-0.4, -0.2) is 35.5 Å². The number of nitrogens with zero attached hydrogens (tertiary/aromatic N) is 3. The van der Waals surface area contributed by atoms with Gasteiger partial charge in [0.2, 0.25) is 11.8 Å². The highest BCUT2D eigenvalue weighted by Gasteiger charge is 2.10. The van der Waals surface area contributed by atoms with Gasteiger partial charge in [-0.3, -0.25) is 4.79 Å². The van der Waals surface area contributed by atoms with Gasteiger partial charge in [-0.05, 0) is 17.7 Å². The van der Waals surface area contributed by atoms with Crippen LogP contribution in [0.15, 0.2) is 33.9 Å². The van der Waals surface area contributed by atoms with E-state index in [1.807, 2.05) is 30.3 Å². The highest BCUT2D eigenvalue weighted by atomic mass is 32.2. The first-order valence-electron chi connectivity index (χ1n) is 6.93. The summed E-state index contributed by atoms with van der Waals surface area (Å²) < 4.78 is 10.6. The molecule has 0 radical (unpaired) electrons. The van der Waals surface area contributed by atoms with E-state index in [0.29, 0.717) is 30.5 Å². The molecule has 0 saturated carbocycles. The van der Waals surface area contributed by atoms with E-state index in [0.717, 1.165) is 11.3 Å². The van der Waals surface area contributed by atoms with Crippen LogP contribution in [0.1, 0.15) is 17.9 Å². The van der Waals surface area contributed by atoms with Crippen LogP contribution < -0.4 is 10.1 Å². The van der Waals surface area contributed by atoms with Crippen LogP contribution in [0.25, 0.3) is 0 Å². The molecule has 0 aliphatic heterocycles. The molecule has 8 heteroatoms. The van der Waals surface area contributed by atoms with Crippen molar-refractivity contribution in [2.45, 2.75) is 18.1 Å². The van der Waals surface area contributed by atoms with Gasteiger partial charge in [0.1, 0.15) is 5.75 Å². The molecule has 120 valence electrons. The fourth-order valence-electron chi connectivity index (χ4n) is 1.72. The van der Waals surface area contributed by atoms with E-state index in [2.05, 4.69) is 15.5 Å². The number of rotatable bonds is 8. The molecule has 0 spiro atoms. The Morgan fingerprint density at radius 3 is 2.87 bits per heavy atom. The maximum Gasteiger partial charge on any atom is 0.277 e. The average Bonchev–Trinajstić information content (AvgIpc) is 3.01. The number of carbonyl (C=O) groups excluding carboxylic acids is 1. The molecule has 1 N–H and O–H groups in total. The Hall–Kier alpha value is -2.53. The van der Waals surface area contributed by atoms with Crippen molar-refractivity contribution in [2.24, 2.45) is 0 Å². The van der Waals surface area contributed by atoms with Gasteiger partial charge in [0.05, 0.1) is 31.8 Å². The summed E-state index contributed by atoms with van der Waals surface area (Å²) in [5, 5.41) is 19.2. The number of ether oxygens (including phenoxy) is 1. The van der Waals surface area contributed by atoms with Crippen LogP contribution >= 0.6 is 11.8 Å². The van der Waals surface area contributed by atoms with E-state index in [-0.39, 0.29) is 11.7 Å². The number of methoxy groups -OCH3 is 1. The van der Waals surface area contributed by atoms with Gasteiger partial charge in [-0.15, -0.1) is 10.2 Å². The van der Waals surface area contributed by atoms with Gasteiger partial charge in [-0.25, -0.2) is 0 Å². The summed E-state index contributed by atoms with van der Waals surface area (Å²) in [5.74, 6) is 1.29. The van der Waals surface area contributed by atoms with E-state index >= 15 is 0 Å². The molecule has 0 aliphatic rings. The molecule has 1 amide bonds. The molecule has 0 saturated heterocycles. The lowest BCUT2D eigenvalue weighted by Gasteiger charge is -2.01. The Kier molecular flexibility index (Phi) is 6.44. The summed E-state index contributed by atoms with van der Waals surface area (Å²) in [6.07, 6.45) is 0.814. The van der Waals surface area contributed by atoms with E-state index in [1.54, 1.807) is 7.11 Å². The summed E-state index contributed by atoms with van der Waals surface area (Å²) in [6.45, 7) is 0.350. The Morgan fingerprint density at radius 2 is 2.17 bits per heavy atom. The number of hydrogen-bond acceptors (Lipinski definition) is 7. The molecule has 2 rings (SSSR count).